The molecule has 0 aliphatic carbocycles. The number of fused-ring (bicyclic) bond motifs is 1. The summed E-state index contributed by atoms with van der Waals surface area (Å²) >= 11 is 0. The lowest BCUT2D eigenvalue weighted by Gasteiger charge is -2.21. The van der Waals surface area contributed by atoms with Crippen molar-refractivity contribution in [2.45, 2.75) is 19.1 Å². The number of nitrogens with one attached hydrogen (secondary N) is 1. The summed E-state index contributed by atoms with van der Waals surface area (Å²) in [6.07, 6.45) is -4.24. The minimum atomic E-state index is -4.40. The van der Waals surface area contributed by atoms with Crippen LogP contribution in [0.25, 0.3) is 0 Å². The molecule has 0 aromatic heterocycles. The fourth-order valence-corrected chi connectivity index (χ4v) is 2.70. The Kier molecular flexibility index (Phi) is 5.34. The molecular weight excluding hydrogens is 361 g/mol. The first-order valence-electron chi connectivity index (χ1n) is 8.29. The first-order chi connectivity index (χ1) is 12.8. The molecule has 0 saturated carbocycles. The van der Waals surface area contributed by atoms with Gasteiger partial charge in [-0.2, -0.15) is 13.2 Å². The molecule has 0 spiro atoms. The van der Waals surface area contributed by atoms with Crippen molar-refractivity contribution in [3.05, 3.63) is 59.7 Å². The van der Waals surface area contributed by atoms with E-state index in [1.54, 1.807) is 24.3 Å². The molecule has 2 aromatic carbocycles. The average Bonchev–Trinajstić information content (AvgIpc) is 2.79. The number of rotatable bonds is 4. The topological polar surface area (TPSA) is 58.6 Å². The lowest BCUT2D eigenvalue weighted by molar-refractivity contribution is -0.137. The molecule has 27 heavy (non-hydrogen) atoms. The van der Waals surface area contributed by atoms with E-state index in [-0.39, 0.29) is 32.0 Å². The van der Waals surface area contributed by atoms with Gasteiger partial charge in [-0.15, -0.1) is 0 Å². The van der Waals surface area contributed by atoms with Crippen molar-refractivity contribution in [2.75, 3.05) is 18.1 Å². The maximum atomic E-state index is 12.6. The molecule has 2 amide bonds. The number of carbonyl (C=O) groups excluding carboxylic acids is 2. The van der Waals surface area contributed by atoms with E-state index in [9.17, 15) is 22.8 Å². The molecule has 1 N–H and O–H groups in total. The van der Waals surface area contributed by atoms with E-state index in [1.807, 2.05) is 0 Å². The molecule has 0 atom stereocenters. The van der Waals surface area contributed by atoms with Gasteiger partial charge >= 0.3 is 6.18 Å². The van der Waals surface area contributed by atoms with Gasteiger partial charge in [0.25, 0.3) is 0 Å². The number of benzene rings is 2. The van der Waals surface area contributed by atoms with Gasteiger partial charge in [-0.25, -0.2) is 0 Å². The molecule has 0 unspecified atom stereocenters. The standard InChI is InChI=1S/C19H17F3N2O3/c20-19(21,22)14-7-5-13(6-8-14)11-23-17(25)12-24-15-3-1-2-4-16(15)27-10-9-18(24)26/h1-8H,9-12H2,(H,23,25). The maximum absolute atomic E-state index is 12.6. The van der Waals surface area contributed by atoms with Crippen LogP contribution >= 0.6 is 0 Å². The molecule has 2 aromatic rings. The van der Waals surface area contributed by atoms with Crippen LogP contribution < -0.4 is 15.0 Å². The molecule has 1 aliphatic heterocycles. The van der Waals surface area contributed by atoms with E-state index in [2.05, 4.69) is 5.32 Å². The van der Waals surface area contributed by atoms with E-state index >= 15 is 0 Å². The van der Waals surface area contributed by atoms with Crippen LogP contribution in [0.3, 0.4) is 0 Å². The van der Waals surface area contributed by atoms with Crippen molar-refractivity contribution in [1.82, 2.24) is 5.32 Å². The number of carbonyl (C=O) groups is 2. The molecule has 8 heteroatoms. The second-order valence-corrected chi connectivity index (χ2v) is 6.02. The number of amides is 2. The summed E-state index contributed by atoms with van der Waals surface area (Å²) in [5.74, 6) is -0.122. The summed E-state index contributed by atoms with van der Waals surface area (Å²) in [5, 5.41) is 2.62. The fourth-order valence-electron chi connectivity index (χ4n) is 2.70. The maximum Gasteiger partial charge on any atom is 0.416 e. The van der Waals surface area contributed by atoms with Gasteiger partial charge in [0.1, 0.15) is 12.3 Å². The predicted molar refractivity (Wildman–Crippen MR) is 92.2 cm³/mol. The van der Waals surface area contributed by atoms with Crippen LogP contribution in [0.2, 0.25) is 0 Å². The molecule has 0 bridgehead atoms. The van der Waals surface area contributed by atoms with Crippen molar-refractivity contribution in [1.29, 1.82) is 0 Å². The van der Waals surface area contributed by atoms with Crippen LogP contribution in [-0.4, -0.2) is 25.0 Å². The first-order valence-corrected chi connectivity index (χ1v) is 8.29. The number of halogens is 3. The zero-order valence-corrected chi connectivity index (χ0v) is 14.3. The highest BCUT2D eigenvalue weighted by Crippen LogP contribution is 2.31. The highest BCUT2D eigenvalue weighted by Gasteiger charge is 2.30. The van der Waals surface area contributed by atoms with Gasteiger partial charge in [0, 0.05) is 6.54 Å². The number of hydrogen-bond acceptors (Lipinski definition) is 3. The Morgan fingerprint density at radius 3 is 2.52 bits per heavy atom. The third-order valence-corrected chi connectivity index (χ3v) is 4.10. The van der Waals surface area contributed by atoms with E-state index < -0.39 is 17.6 Å². The van der Waals surface area contributed by atoms with Crippen LogP contribution in [0, 0.1) is 0 Å². The number of alkyl halides is 3. The van der Waals surface area contributed by atoms with Crippen molar-refractivity contribution < 1.29 is 27.5 Å². The molecule has 142 valence electrons. The van der Waals surface area contributed by atoms with Crippen LogP contribution in [-0.2, 0) is 22.3 Å². The third-order valence-electron chi connectivity index (χ3n) is 4.10. The molecule has 3 rings (SSSR count). The monoisotopic (exact) mass is 378 g/mol. The Morgan fingerprint density at radius 2 is 1.81 bits per heavy atom. The molecule has 5 nitrogen and oxygen atoms in total. The minimum absolute atomic E-state index is 0.0666. The number of nitrogens with zero attached hydrogens (tertiary/aromatic N) is 1. The second-order valence-electron chi connectivity index (χ2n) is 6.02. The minimum Gasteiger partial charge on any atom is -0.491 e. The quantitative estimate of drug-likeness (QED) is 0.889. The highest BCUT2D eigenvalue weighted by molar-refractivity contribution is 6.00. The number of ether oxygens (including phenoxy) is 1. The van der Waals surface area contributed by atoms with E-state index in [1.165, 1.54) is 17.0 Å². The Balaban J connectivity index is 1.63. The third kappa shape index (κ3) is 4.58. The summed E-state index contributed by atoms with van der Waals surface area (Å²) in [4.78, 5) is 25.9. The van der Waals surface area contributed by atoms with Gasteiger partial charge in [-0.3, -0.25) is 14.5 Å². The largest absolute Gasteiger partial charge is 0.491 e. The SMILES string of the molecule is O=C(CN1C(=O)CCOc2ccccc21)NCc1ccc(C(F)(F)F)cc1. The normalized spacial score (nSPS) is 14.2. The summed E-state index contributed by atoms with van der Waals surface area (Å²) in [6.45, 7) is 0.108. The zero-order valence-electron chi connectivity index (χ0n) is 14.3. The molecule has 0 saturated heterocycles. The summed E-state index contributed by atoms with van der Waals surface area (Å²) in [5.41, 5.74) is 0.302. The fraction of sp³-hybridized carbons (Fsp3) is 0.263. The van der Waals surface area contributed by atoms with E-state index in [0.29, 0.717) is 17.0 Å². The highest BCUT2D eigenvalue weighted by atomic mass is 19.4. The molecule has 1 heterocycles. The molecule has 0 fully saturated rings. The van der Waals surface area contributed by atoms with Crippen molar-refractivity contribution in [3.63, 3.8) is 0 Å². The average molecular weight is 378 g/mol. The molecule has 1 aliphatic rings. The Labute approximate surface area is 153 Å². The van der Waals surface area contributed by atoms with Crippen LogP contribution in [0.4, 0.5) is 18.9 Å². The van der Waals surface area contributed by atoms with Gasteiger partial charge in [0.05, 0.1) is 24.3 Å². The first kappa shape index (κ1) is 18.8. The van der Waals surface area contributed by atoms with Gasteiger partial charge in [0.15, 0.2) is 0 Å². The lowest BCUT2D eigenvalue weighted by Crippen LogP contribution is -2.40. The van der Waals surface area contributed by atoms with Gasteiger partial charge in [0.2, 0.25) is 11.8 Å². The van der Waals surface area contributed by atoms with Crippen LogP contribution in [0.15, 0.2) is 48.5 Å². The molecule has 0 radical (unpaired) electrons. The Hall–Kier alpha value is -3.03. The zero-order chi connectivity index (χ0) is 19.4. The summed E-state index contributed by atoms with van der Waals surface area (Å²) in [7, 11) is 0. The van der Waals surface area contributed by atoms with Gasteiger partial charge in [-0.1, -0.05) is 24.3 Å². The number of para-hydroxylation sites is 2. The van der Waals surface area contributed by atoms with Crippen molar-refractivity contribution >= 4 is 17.5 Å². The molecular formula is C19H17F3N2O3. The summed E-state index contributed by atoms with van der Waals surface area (Å²) in [6, 6.07) is 11.5. The van der Waals surface area contributed by atoms with Gasteiger partial charge < -0.3 is 10.1 Å². The van der Waals surface area contributed by atoms with Crippen LogP contribution in [0.1, 0.15) is 17.5 Å². The smallest absolute Gasteiger partial charge is 0.416 e. The Bertz CT molecular complexity index is 835. The van der Waals surface area contributed by atoms with E-state index in [0.717, 1.165) is 12.1 Å². The predicted octanol–water partition coefficient (Wildman–Crippen LogP) is 3.14. The lowest BCUT2D eigenvalue weighted by atomic mass is 10.1. The second kappa shape index (κ2) is 7.69. The Morgan fingerprint density at radius 1 is 1.11 bits per heavy atom. The summed E-state index contributed by atoms with van der Waals surface area (Å²) < 4.78 is 43.2. The van der Waals surface area contributed by atoms with Crippen LogP contribution in [0.5, 0.6) is 5.75 Å². The van der Waals surface area contributed by atoms with Crippen molar-refractivity contribution in [3.8, 4) is 5.75 Å². The number of anilines is 1. The van der Waals surface area contributed by atoms with Crippen molar-refractivity contribution in [2.24, 2.45) is 0 Å². The van der Waals surface area contributed by atoms with E-state index in [4.69, 9.17) is 4.74 Å². The van der Waals surface area contributed by atoms with Gasteiger partial charge in [-0.05, 0) is 29.8 Å². The number of hydrogen-bond donors (Lipinski definition) is 1.